The third-order valence-electron chi connectivity index (χ3n) is 4.46. The Morgan fingerprint density at radius 2 is 2.16 bits per heavy atom. The first-order chi connectivity index (χ1) is 9.11. The Morgan fingerprint density at radius 1 is 1.42 bits per heavy atom. The van der Waals surface area contributed by atoms with E-state index < -0.39 is 5.91 Å². The van der Waals surface area contributed by atoms with Crippen LogP contribution in [-0.4, -0.2) is 12.5 Å². The second-order valence-electron chi connectivity index (χ2n) is 5.91. The maximum absolute atomic E-state index is 13.6. The summed E-state index contributed by atoms with van der Waals surface area (Å²) in [6.45, 7) is 1.42. The van der Waals surface area contributed by atoms with Gasteiger partial charge in [-0.3, -0.25) is 4.79 Å². The van der Waals surface area contributed by atoms with Gasteiger partial charge in [-0.25, -0.2) is 4.39 Å². The average molecular weight is 262 g/mol. The van der Waals surface area contributed by atoms with Crippen molar-refractivity contribution in [2.24, 2.45) is 17.1 Å². The molecule has 2 saturated carbocycles. The predicted molar refractivity (Wildman–Crippen MR) is 71.0 cm³/mol. The van der Waals surface area contributed by atoms with E-state index in [0.717, 1.165) is 12.5 Å². The van der Waals surface area contributed by atoms with Crippen LogP contribution >= 0.6 is 0 Å². The number of hydrogen-bond acceptors (Lipinski definition) is 2. The van der Waals surface area contributed by atoms with Gasteiger partial charge in [0, 0.05) is 24.2 Å². The van der Waals surface area contributed by atoms with Crippen molar-refractivity contribution in [3.63, 3.8) is 0 Å². The molecular formula is C15H19FN2O. The van der Waals surface area contributed by atoms with Crippen molar-refractivity contribution in [2.45, 2.75) is 32.2 Å². The summed E-state index contributed by atoms with van der Waals surface area (Å²) in [6.07, 6.45) is 5.31. The molecule has 0 spiro atoms. The molecule has 1 aromatic rings. The van der Waals surface area contributed by atoms with E-state index in [1.54, 1.807) is 6.07 Å². The number of amides is 1. The zero-order valence-corrected chi connectivity index (χ0v) is 10.9. The molecule has 2 fully saturated rings. The van der Waals surface area contributed by atoms with Crippen LogP contribution in [0.25, 0.3) is 0 Å². The van der Waals surface area contributed by atoms with Gasteiger partial charge in [0.25, 0.3) is 0 Å². The highest BCUT2D eigenvalue weighted by atomic mass is 19.1. The fraction of sp³-hybridized carbons (Fsp3) is 0.533. The minimum absolute atomic E-state index is 0.284. The Balaban J connectivity index is 1.60. The van der Waals surface area contributed by atoms with Gasteiger partial charge in [0.1, 0.15) is 5.82 Å². The van der Waals surface area contributed by atoms with Gasteiger partial charge in [0.05, 0.1) is 0 Å². The second kappa shape index (κ2) is 4.60. The zero-order valence-electron chi connectivity index (χ0n) is 10.9. The summed E-state index contributed by atoms with van der Waals surface area (Å²) in [7, 11) is 0. The van der Waals surface area contributed by atoms with Crippen LogP contribution in [0.1, 0.15) is 41.6 Å². The lowest BCUT2D eigenvalue weighted by Gasteiger charge is -2.15. The van der Waals surface area contributed by atoms with Crippen molar-refractivity contribution in [1.29, 1.82) is 0 Å². The van der Waals surface area contributed by atoms with Crippen LogP contribution in [0.4, 0.5) is 4.39 Å². The average Bonchev–Trinajstić information content (AvgIpc) is 3.25. The highest BCUT2D eigenvalue weighted by Crippen LogP contribution is 2.60. The van der Waals surface area contributed by atoms with Gasteiger partial charge in [-0.1, -0.05) is 0 Å². The molecule has 0 atom stereocenters. The van der Waals surface area contributed by atoms with E-state index in [2.05, 4.69) is 5.32 Å². The summed E-state index contributed by atoms with van der Waals surface area (Å²) >= 11 is 0. The van der Waals surface area contributed by atoms with E-state index in [1.165, 1.54) is 37.8 Å². The Kier molecular flexibility index (Phi) is 3.05. The summed E-state index contributed by atoms with van der Waals surface area (Å²) in [6, 6.07) is 4.28. The van der Waals surface area contributed by atoms with E-state index in [4.69, 9.17) is 5.73 Å². The Bertz CT molecular complexity index is 507. The van der Waals surface area contributed by atoms with Crippen LogP contribution in [0.3, 0.4) is 0 Å². The fourth-order valence-corrected chi connectivity index (χ4v) is 2.90. The normalized spacial score (nSPS) is 20.3. The number of benzene rings is 1. The van der Waals surface area contributed by atoms with Gasteiger partial charge in [0.15, 0.2) is 0 Å². The molecule has 0 aromatic heterocycles. The molecule has 1 amide bonds. The highest BCUT2D eigenvalue weighted by molar-refractivity contribution is 5.92. The van der Waals surface area contributed by atoms with Crippen LogP contribution in [0, 0.1) is 17.2 Å². The minimum Gasteiger partial charge on any atom is -0.366 e. The maximum Gasteiger partial charge on any atom is 0.248 e. The van der Waals surface area contributed by atoms with Crippen LogP contribution < -0.4 is 11.1 Å². The molecule has 0 saturated heterocycles. The van der Waals surface area contributed by atoms with Gasteiger partial charge in [-0.05, 0) is 55.2 Å². The summed E-state index contributed by atoms with van der Waals surface area (Å²) in [5.41, 5.74) is 6.58. The molecule has 3 N–H and O–H groups in total. The highest BCUT2D eigenvalue weighted by Gasteiger charge is 2.53. The SMILES string of the molecule is NC(=O)c1ccc(F)c(CNCC2(C3CC3)CC2)c1. The third kappa shape index (κ3) is 2.63. The number of nitrogens with two attached hydrogens (primary N) is 1. The van der Waals surface area contributed by atoms with Crippen molar-refractivity contribution in [3.8, 4) is 0 Å². The second-order valence-corrected chi connectivity index (χ2v) is 5.91. The largest absolute Gasteiger partial charge is 0.366 e. The molecular weight excluding hydrogens is 243 g/mol. The van der Waals surface area contributed by atoms with Crippen LogP contribution in [0.2, 0.25) is 0 Å². The molecule has 0 aliphatic heterocycles. The monoisotopic (exact) mass is 262 g/mol. The van der Waals surface area contributed by atoms with Crippen LogP contribution in [0.15, 0.2) is 18.2 Å². The smallest absolute Gasteiger partial charge is 0.248 e. The molecule has 0 heterocycles. The maximum atomic E-state index is 13.6. The summed E-state index contributed by atoms with van der Waals surface area (Å²) in [5, 5.41) is 3.34. The number of halogens is 1. The Hall–Kier alpha value is -1.42. The molecule has 0 bridgehead atoms. The first kappa shape index (κ1) is 12.6. The number of hydrogen-bond donors (Lipinski definition) is 2. The Labute approximate surface area is 112 Å². The van der Waals surface area contributed by atoms with E-state index in [-0.39, 0.29) is 5.82 Å². The van der Waals surface area contributed by atoms with E-state index in [1.807, 2.05) is 0 Å². The number of carbonyl (C=O) groups excluding carboxylic acids is 1. The number of nitrogens with one attached hydrogen (secondary N) is 1. The van der Waals surface area contributed by atoms with Crippen molar-refractivity contribution >= 4 is 5.91 Å². The van der Waals surface area contributed by atoms with Gasteiger partial charge >= 0.3 is 0 Å². The van der Waals surface area contributed by atoms with Gasteiger partial charge in [-0.2, -0.15) is 0 Å². The lowest BCUT2D eigenvalue weighted by molar-refractivity contribution is 0.1000. The first-order valence-corrected chi connectivity index (χ1v) is 6.90. The van der Waals surface area contributed by atoms with Crippen LogP contribution in [-0.2, 0) is 6.54 Å². The fourth-order valence-electron chi connectivity index (χ4n) is 2.90. The molecule has 0 radical (unpaired) electrons. The van der Waals surface area contributed by atoms with E-state index in [9.17, 15) is 9.18 Å². The standard InChI is InChI=1S/C15H19FN2O/c16-13-4-1-10(14(17)19)7-11(13)8-18-9-15(5-6-15)12-2-3-12/h1,4,7,12,18H,2-3,5-6,8-9H2,(H2,17,19). The molecule has 102 valence electrons. The number of carbonyl (C=O) groups is 1. The summed E-state index contributed by atoms with van der Waals surface area (Å²) < 4.78 is 13.6. The molecule has 4 heteroatoms. The first-order valence-electron chi connectivity index (χ1n) is 6.90. The number of primary amides is 1. The third-order valence-corrected chi connectivity index (χ3v) is 4.46. The molecule has 19 heavy (non-hydrogen) atoms. The van der Waals surface area contributed by atoms with Crippen molar-refractivity contribution in [1.82, 2.24) is 5.32 Å². The molecule has 3 rings (SSSR count). The van der Waals surface area contributed by atoms with Crippen molar-refractivity contribution in [2.75, 3.05) is 6.54 Å². The van der Waals surface area contributed by atoms with Crippen molar-refractivity contribution in [3.05, 3.63) is 35.1 Å². The lowest BCUT2D eigenvalue weighted by atomic mass is 10.0. The zero-order chi connectivity index (χ0) is 13.5. The summed E-state index contributed by atoms with van der Waals surface area (Å²) in [4.78, 5) is 11.1. The van der Waals surface area contributed by atoms with Gasteiger partial charge in [-0.15, -0.1) is 0 Å². The molecule has 3 nitrogen and oxygen atoms in total. The van der Waals surface area contributed by atoms with E-state index in [0.29, 0.717) is 23.1 Å². The summed E-state index contributed by atoms with van der Waals surface area (Å²) in [5.74, 6) is 0.0912. The topological polar surface area (TPSA) is 55.1 Å². The van der Waals surface area contributed by atoms with Gasteiger partial charge < -0.3 is 11.1 Å². The quantitative estimate of drug-likeness (QED) is 0.825. The minimum atomic E-state index is -0.516. The molecule has 2 aliphatic carbocycles. The predicted octanol–water partition coefficient (Wildman–Crippen LogP) is 2.20. The number of rotatable bonds is 6. The van der Waals surface area contributed by atoms with Crippen molar-refractivity contribution < 1.29 is 9.18 Å². The van der Waals surface area contributed by atoms with Crippen LogP contribution in [0.5, 0.6) is 0 Å². The Morgan fingerprint density at radius 3 is 2.74 bits per heavy atom. The molecule has 1 aromatic carbocycles. The molecule has 0 unspecified atom stereocenters. The van der Waals surface area contributed by atoms with Gasteiger partial charge in [0.2, 0.25) is 5.91 Å². The van der Waals surface area contributed by atoms with E-state index >= 15 is 0 Å². The lowest BCUT2D eigenvalue weighted by Crippen LogP contribution is -2.25. The molecule has 2 aliphatic rings.